The molecule has 0 saturated heterocycles. The summed E-state index contributed by atoms with van der Waals surface area (Å²) in [6.45, 7) is -0.0449. The number of benzene rings is 2. The summed E-state index contributed by atoms with van der Waals surface area (Å²) in [5.74, 6) is 0.629. The minimum atomic E-state index is -0.431. The van der Waals surface area contributed by atoms with Gasteiger partial charge in [0.1, 0.15) is 5.75 Å². The number of rotatable bonds is 5. The summed E-state index contributed by atoms with van der Waals surface area (Å²) in [5.41, 5.74) is 2.82. The fraction of sp³-hybridized carbons (Fsp3) is 0.286. The molecule has 1 amide bonds. The van der Waals surface area contributed by atoms with Gasteiger partial charge in [0.25, 0.3) is 0 Å². The summed E-state index contributed by atoms with van der Waals surface area (Å²) < 4.78 is 10.2. The van der Waals surface area contributed by atoms with Gasteiger partial charge in [0, 0.05) is 12.5 Å². The Kier molecular flexibility index (Phi) is 5.58. The number of carbonyl (C=O) groups excluding carboxylic acids is 1. The van der Waals surface area contributed by atoms with Crippen LogP contribution < -0.4 is 9.64 Å². The molecule has 0 radical (unpaired) electrons. The van der Waals surface area contributed by atoms with Crippen molar-refractivity contribution in [3.63, 3.8) is 0 Å². The van der Waals surface area contributed by atoms with Crippen LogP contribution in [0.3, 0.4) is 0 Å². The van der Waals surface area contributed by atoms with E-state index in [1.54, 1.807) is 12.0 Å². The smallest absolute Gasteiger partial charge is 0.414 e. The lowest BCUT2D eigenvalue weighted by Crippen LogP contribution is -2.47. The first kappa shape index (κ1) is 18.0. The van der Waals surface area contributed by atoms with Crippen LogP contribution in [0.4, 0.5) is 10.5 Å². The van der Waals surface area contributed by atoms with Gasteiger partial charge in [-0.1, -0.05) is 42.5 Å². The van der Waals surface area contributed by atoms with E-state index in [1.165, 1.54) is 7.11 Å². The fourth-order valence-electron chi connectivity index (χ4n) is 3.34. The SMILES string of the molecule is COC(=O)N1c2ccccc2C=C[C@@H]1[C@H](CO)Cc1ccc(OC)cc1. The zero-order valence-electron chi connectivity index (χ0n) is 15.0. The highest BCUT2D eigenvalue weighted by molar-refractivity contribution is 5.93. The molecule has 1 N–H and O–H groups in total. The van der Waals surface area contributed by atoms with Gasteiger partial charge in [0.2, 0.25) is 0 Å². The van der Waals surface area contributed by atoms with E-state index in [2.05, 4.69) is 0 Å². The summed E-state index contributed by atoms with van der Waals surface area (Å²) >= 11 is 0. The van der Waals surface area contributed by atoms with E-state index in [1.807, 2.05) is 60.7 Å². The van der Waals surface area contributed by atoms with Gasteiger partial charge in [-0.3, -0.25) is 4.90 Å². The molecule has 1 aliphatic rings. The minimum absolute atomic E-state index is 0.0449. The van der Waals surface area contributed by atoms with Crippen molar-refractivity contribution in [2.75, 3.05) is 25.7 Å². The Morgan fingerprint density at radius 1 is 1.15 bits per heavy atom. The first-order valence-electron chi connectivity index (χ1n) is 8.56. The molecular weight excluding hydrogens is 330 g/mol. The molecule has 1 heterocycles. The van der Waals surface area contributed by atoms with Crippen LogP contribution in [0, 0.1) is 5.92 Å². The number of nitrogens with zero attached hydrogens (tertiary/aromatic N) is 1. The molecule has 0 spiro atoms. The molecule has 2 atom stereocenters. The molecule has 0 aromatic heterocycles. The number of aliphatic hydroxyl groups is 1. The minimum Gasteiger partial charge on any atom is -0.497 e. The van der Waals surface area contributed by atoms with Crippen molar-refractivity contribution in [2.45, 2.75) is 12.5 Å². The topological polar surface area (TPSA) is 59.0 Å². The van der Waals surface area contributed by atoms with Gasteiger partial charge in [0.05, 0.1) is 25.9 Å². The van der Waals surface area contributed by atoms with Gasteiger partial charge < -0.3 is 14.6 Å². The predicted molar refractivity (Wildman–Crippen MR) is 101 cm³/mol. The third kappa shape index (κ3) is 3.58. The van der Waals surface area contributed by atoms with E-state index in [0.29, 0.717) is 6.42 Å². The average molecular weight is 353 g/mol. The number of para-hydroxylation sites is 1. The van der Waals surface area contributed by atoms with E-state index in [9.17, 15) is 9.90 Å². The molecule has 3 rings (SSSR count). The summed E-state index contributed by atoms with van der Waals surface area (Å²) in [4.78, 5) is 14.1. The number of ether oxygens (including phenoxy) is 2. The Labute approximate surface area is 153 Å². The Bertz CT molecular complexity index is 785. The molecule has 0 saturated carbocycles. The van der Waals surface area contributed by atoms with Crippen molar-refractivity contribution in [3.8, 4) is 5.75 Å². The first-order valence-corrected chi connectivity index (χ1v) is 8.56. The van der Waals surface area contributed by atoms with Crippen LogP contribution in [0.5, 0.6) is 5.75 Å². The monoisotopic (exact) mass is 353 g/mol. The fourth-order valence-corrected chi connectivity index (χ4v) is 3.34. The molecule has 0 unspecified atom stereocenters. The maximum Gasteiger partial charge on any atom is 0.414 e. The van der Waals surface area contributed by atoms with Crippen LogP contribution in [0.2, 0.25) is 0 Å². The third-order valence-electron chi connectivity index (χ3n) is 4.71. The molecule has 0 fully saturated rings. The second-order valence-electron chi connectivity index (χ2n) is 6.24. The number of anilines is 1. The molecular formula is C21H23NO4. The lowest BCUT2D eigenvalue weighted by molar-refractivity contribution is 0.167. The molecule has 2 aromatic rings. The van der Waals surface area contributed by atoms with E-state index in [-0.39, 0.29) is 18.6 Å². The molecule has 0 bridgehead atoms. The van der Waals surface area contributed by atoms with E-state index in [0.717, 1.165) is 22.6 Å². The van der Waals surface area contributed by atoms with Crippen molar-refractivity contribution in [1.29, 1.82) is 0 Å². The lowest BCUT2D eigenvalue weighted by atomic mass is 9.88. The van der Waals surface area contributed by atoms with Crippen molar-refractivity contribution in [3.05, 3.63) is 65.7 Å². The number of aliphatic hydroxyl groups excluding tert-OH is 1. The van der Waals surface area contributed by atoms with E-state index < -0.39 is 6.09 Å². The Balaban J connectivity index is 1.89. The van der Waals surface area contributed by atoms with Gasteiger partial charge in [-0.15, -0.1) is 0 Å². The number of fused-ring (bicyclic) bond motifs is 1. The quantitative estimate of drug-likeness (QED) is 0.894. The van der Waals surface area contributed by atoms with Crippen molar-refractivity contribution >= 4 is 17.9 Å². The number of amides is 1. The van der Waals surface area contributed by atoms with Gasteiger partial charge >= 0.3 is 6.09 Å². The molecule has 2 aromatic carbocycles. The Morgan fingerprint density at radius 3 is 2.54 bits per heavy atom. The maximum atomic E-state index is 12.5. The number of hydrogen-bond donors (Lipinski definition) is 1. The molecule has 0 aliphatic carbocycles. The van der Waals surface area contributed by atoms with Gasteiger partial charge in [-0.2, -0.15) is 0 Å². The summed E-state index contributed by atoms with van der Waals surface area (Å²) in [6, 6.07) is 15.1. The van der Waals surface area contributed by atoms with Crippen LogP contribution >= 0.6 is 0 Å². The van der Waals surface area contributed by atoms with Gasteiger partial charge in [0.15, 0.2) is 0 Å². The molecule has 136 valence electrons. The highest BCUT2D eigenvalue weighted by Gasteiger charge is 2.34. The normalized spacial score (nSPS) is 16.7. The highest BCUT2D eigenvalue weighted by atomic mass is 16.5. The standard InChI is InChI=1S/C21H23NO4/c1-25-18-10-7-15(8-11-18)13-17(14-23)20-12-9-16-5-3-4-6-19(16)22(20)21(24)26-2/h3-12,17,20,23H,13-14H2,1-2H3/t17-,20+/m0/s1. The summed E-state index contributed by atoms with van der Waals surface area (Å²) in [6.07, 6.45) is 4.16. The van der Waals surface area contributed by atoms with Gasteiger partial charge in [-0.05, 0) is 35.7 Å². The van der Waals surface area contributed by atoms with Crippen LogP contribution in [-0.4, -0.2) is 38.1 Å². The van der Waals surface area contributed by atoms with Crippen LogP contribution in [0.25, 0.3) is 6.08 Å². The third-order valence-corrected chi connectivity index (χ3v) is 4.71. The number of methoxy groups -OCH3 is 2. The Hall–Kier alpha value is -2.79. The van der Waals surface area contributed by atoms with Crippen LogP contribution in [-0.2, 0) is 11.2 Å². The average Bonchev–Trinajstić information content (AvgIpc) is 2.71. The molecule has 5 heteroatoms. The molecule has 5 nitrogen and oxygen atoms in total. The summed E-state index contributed by atoms with van der Waals surface area (Å²) in [7, 11) is 3.00. The number of carbonyl (C=O) groups is 1. The van der Waals surface area contributed by atoms with Crippen molar-refractivity contribution < 1.29 is 19.4 Å². The lowest BCUT2D eigenvalue weighted by Gasteiger charge is -2.37. The van der Waals surface area contributed by atoms with Gasteiger partial charge in [-0.25, -0.2) is 4.79 Å². The maximum absolute atomic E-state index is 12.5. The second-order valence-corrected chi connectivity index (χ2v) is 6.24. The molecule has 26 heavy (non-hydrogen) atoms. The number of hydrogen-bond acceptors (Lipinski definition) is 4. The first-order chi connectivity index (χ1) is 12.7. The summed E-state index contributed by atoms with van der Waals surface area (Å²) in [5, 5.41) is 10.0. The predicted octanol–water partition coefficient (Wildman–Crippen LogP) is 3.51. The van der Waals surface area contributed by atoms with E-state index >= 15 is 0 Å². The zero-order valence-corrected chi connectivity index (χ0v) is 15.0. The van der Waals surface area contributed by atoms with Crippen molar-refractivity contribution in [2.24, 2.45) is 5.92 Å². The van der Waals surface area contributed by atoms with Crippen molar-refractivity contribution in [1.82, 2.24) is 0 Å². The Morgan fingerprint density at radius 2 is 1.88 bits per heavy atom. The zero-order chi connectivity index (χ0) is 18.5. The molecule has 1 aliphatic heterocycles. The van der Waals surface area contributed by atoms with Crippen LogP contribution in [0.1, 0.15) is 11.1 Å². The second kappa shape index (κ2) is 8.06. The largest absolute Gasteiger partial charge is 0.497 e. The van der Waals surface area contributed by atoms with Crippen LogP contribution in [0.15, 0.2) is 54.6 Å². The highest BCUT2D eigenvalue weighted by Crippen LogP contribution is 2.33. The van der Waals surface area contributed by atoms with E-state index in [4.69, 9.17) is 9.47 Å².